The first-order valence-corrected chi connectivity index (χ1v) is 11.4. The zero-order valence-corrected chi connectivity index (χ0v) is 18.5. The Balaban J connectivity index is 1.31. The molecule has 1 aliphatic heterocycles. The van der Waals surface area contributed by atoms with Gasteiger partial charge in [-0.1, -0.05) is 36.4 Å². The molecule has 0 unspecified atom stereocenters. The molecule has 0 radical (unpaired) electrons. The van der Waals surface area contributed by atoms with Crippen LogP contribution in [0, 0.1) is 6.92 Å². The molecule has 0 fully saturated rings. The fraction of sp³-hybridized carbons (Fsp3) is 0.370. The van der Waals surface area contributed by atoms with Crippen LogP contribution in [0.1, 0.15) is 34.2 Å². The van der Waals surface area contributed by atoms with Crippen molar-refractivity contribution in [3.05, 3.63) is 94.8 Å². The lowest BCUT2D eigenvalue weighted by Gasteiger charge is -2.23. The summed E-state index contributed by atoms with van der Waals surface area (Å²) in [5.74, 6) is 1.00. The van der Waals surface area contributed by atoms with Crippen LogP contribution in [-0.4, -0.2) is 36.1 Å². The van der Waals surface area contributed by atoms with E-state index in [0.29, 0.717) is 0 Å². The second kappa shape index (κ2) is 11.1. The molecule has 2 aromatic carbocycles. The summed E-state index contributed by atoms with van der Waals surface area (Å²) in [5, 5.41) is 3.42. The standard InChI is InChI=1S/C27H33N3O/c1-22-6-2-3-8-26(22)21-30(16-12-23-7-4-13-28-19-23)15-5-17-31-27-10-9-25-20-29-14-11-24(25)18-27/h2-4,6-10,13,18-19,29H,5,11-12,14-17,20-21H2,1H3. The van der Waals surface area contributed by atoms with Gasteiger partial charge in [0.1, 0.15) is 5.75 Å². The van der Waals surface area contributed by atoms with E-state index in [1.54, 1.807) is 0 Å². The van der Waals surface area contributed by atoms with Crippen LogP contribution in [0.4, 0.5) is 0 Å². The number of pyridine rings is 1. The van der Waals surface area contributed by atoms with E-state index in [-0.39, 0.29) is 0 Å². The van der Waals surface area contributed by atoms with E-state index in [9.17, 15) is 0 Å². The summed E-state index contributed by atoms with van der Waals surface area (Å²) in [6.45, 7) is 7.98. The monoisotopic (exact) mass is 415 g/mol. The van der Waals surface area contributed by atoms with Crippen molar-refractivity contribution in [3.63, 3.8) is 0 Å². The molecule has 0 aliphatic carbocycles. The lowest BCUT2D eigenvalue weighted by molar-refractivity contribution is 0.229. The second-order valence-corrected chi connectivity index (χ2v) is 8.37. The Kier molecular flexibility index (Phi) is 7.70. The smallest absolute Gasteiger partial charge is 0.119 e. The van der Waals surface area contributed by atoms with E-state index in [4.69, 9.17) is 4.74 Å². The molecule has 31 heavy (non-hydrogen) atoms. The molecule has 3 aromatic rings. The Hall–Kier alpha value is -2.69. The number of hydrogen-bond donors (Lipinski definition) is 1. The minimum atomic E-state index is 0.744. The van der Waals surface area contributed by atoms with Gasteiger partial charge in [-0.05, 0) is 78.7 Å². The Morgan fingerprint density at radius 3 is 2.84 bits per heavy atom. The van der Waals surface area contributed by atoms with Crippen molar-refractivity contribution in [1.82, 2.24) is 15.2 Å². The molecule has 4 nitrogen and oxygen atoms in total. The van der Waals surface area contributed by atoms with Gasteiger partial charge in [-0.15, -0.1) is 0 Å². The molecule has 0 saturated carbocycles. The maximum Gasteiger partial charge on any atom is 0.119 e. The largest absolute Gasteiger partial charge is 0.494 e. The molecular formula is C27H33N3O. The van der Waals surface area contributed by atoms with Gasteiger partial charge in [0.2, 0.25) is 0 Å². The third-order valence-corrected chi connectivity index (χ3v) is 6.05. The number of aryl methyl sites for hydroxylation is 1. The van der Waals surface area contributed by atoms with Crippen LogP contribution in [0.5, 0.6) is 5.75 Å². The summed E-state index contributed by atoms with van der Waals surface area (Å²) in [7, 11) is 0. The first-order valence-electron chi connectivity index (χ1n) is 11.4. The fourth-order valence-electron chi connectivity index (χ4n) is 4.15. The quantitative estimate of drug-likeness (QED) is 0.493. The van der Waals surface area contributed by atoms with Gasteiger partial charge in [-0.2, -0.15) is 0 Å². The van der Waals surface area contributed by atoms with E-state index < -0.39 is 0 Å². The van der Waals surface area contributed by atoms with Crippen molar-refractivity contribution in [2.45, 2.75) is 39.3 Å². The Labute approximate surface area is 186 Å². The van der Waals surface area contributed by atoms with Crippen molar-refractivity contribution in [2.24, 2.45) is 0 Å². The maximum atomic E-state index is 6.10. The molecule has 1 N–H and O–H groups in total. The molecule has 1 aliphatic rings. The van der Waals surface area contributed by atoms with Crippen molar-refractivity contribution in [1.29, 1.82) is 0 Å². The number of nitrogens with zero attached hydrogens (tertiary/aromatic N) is 2. The molecule has 0 saturated heterocycles. The predicted molar refractivity (Wildman–Crippen MR) is 126 cm³/mol. The molecule has 0 atom stereocenters. The fourth-order valence-corrected chi connectivity index (χ4v) is 4.15. The first-order chi connectivity index (χ1) is 15.3. The van der Waals surface area contributed by atoms with Crippen LogP contribution in [0.15, 0.2) is 67.0 Å². The van der Waals surface area contributed by atoms with E-state index in [0.717, 1.165) is 64.3 Å². The summed E-state index contributed by atoms with van der Waals surface area (Å²) < 4.78 is 6.10. The molecule has 0 bridgehead atoms. The number of rotatable bonds is 10. The van der Waals surface area contributed by atoms with Gasteiger partial charge < -0.3 is 10.1 Å². The Morgan fingerprint density at radius 2 is 1.97 bits per heavy atom. The number of nitrogens with one attached hydrogen (secondary N) is 1. The van der Waals surface area contributed by atoms with Gasteiger partial charge in [0.15, 0.2) is 0 Å². The highest BCUT2D eigenvalue weighted by Gasteiger charge is 2.11. The summed E-state index contributed by atoms with van der Waals surface area (Å²) in [4.78, 5) is 6.80. The number of aromatic nitrogens is 1. The van der Waals surface area contributed by atoms with Crippen LogP contribution < -0.4 is 10.1 Å². The van der Waals surface area contributed by atoms with E-state index in [1.807, 2.05) is 18.5 Å². The number of fused-ring (bicyclic) bond motifs is 1. The predicted octanol–water partition coefficient (Wildman–Crippen LogP) is 4.55. The van der Waals surface area contributed by atoms with Crippen LogP contribution in [0.2, 0.25) is 0 Å². The summed E-state index contributed by atoms with van der Waals surface area (Å²) in [6.07, 6.45) is 6.92. The minimum Gasteiger partial charge on any atom is -0.494 e. The highest BCUT2D eigenvalue weighted by atomic mass is 16.5. The normalized spacial score (nSPS) is 13.2. The highest BCUT2D eigenvalue weighted by Crippen LogP contribution is 2.21. The average Bonchev–Trinajstić information content (AvgIpc) is 2.82. The number of hydrogen-bond acceptors (Lipinski definition) is 4. The molecule has 4 rings (SSSR count). The zero-order valence-electron chi connectivity index (χ0n) is 18.5. The number of ether oxygens (including phenoxy) is 1. The van der Waals surface area contributed by atoms with Crippen molar-refractivity contribution >= 4 is 0 Å². The van der Waals surface area contributed by atoms with E-state index >= 15 is 0 Å². The number of benzene rings is 2. The van der Waals surface area contributed by atoms with Crippen molar-refractivity contribution < 1.29 is 4.74 Å². The van der Waals surface area contributed by atoms with Crippen LogP contribution in [-0.2, 0) is 25.9 Å². The highest BCUT2D eigenvalue weighted by molar-refractivity contribution is 5.37. The van der Waals surface area contributed by atoms with Gasteiger partial charge in [-0.25, -0.2) is 0 Å². The molecule has 162 valence electrons. The topological polar surface area (TPSA) is 37.4 Å². The molecule has 4 heteroatoms. The summed E-state index contributed by atoms with van der Waals surface area (Å²) in [5.41, 5.74) is 6.87. The van der Waals surface area contributed by atoms with Crippen LogP contribution in [0.3, 0.4) is 0 Å². The second-order valence-electron chi connectivity index (χ2n) is 8.37. The Morgan fingerprint density at radius 1 is 1.03 bits per heavy atom. The SMILES string of the molecule is Cc1ccccc1CN(CCCOc1ccc2c(c1)CCNC2)CCc1cccnc1. The maximum absolute atomic E-state index is 6.10. The van der Waals surface area contributed by atoms with Crippen molar-refractivity contribution in [3.8, 4) is 5.75 Å². The zero-order chi connectivity index (χ0) is 21.3. The summed E-state index contributed by atoms with van der Waals surface area (Å²) >= 11 is 0. The van der Waals surface area contributed by atoms with Gasteiger partial charge in [0.05, 0.1) is 6.61 Å². The van der Waals surface area contributed by atoms with Gasteiger partial charge in [0.25, 0.3) is 0 Å². The van der Waals surface area contributed by atoms with Gasteiger partial charge >= 0.3 is 0 Å². The molecular weight excluding hydrogens is 382 g/mol. The average molecular weight is 416 g/mol. The lowest BCUT2D eigenvalue weighted by Crippen LogP contribution is -2.28. The van der Waals surface area contributed by atoms with Crippen LogP contribution >= 0.6 is 0 Å². The van der Waals surface area contributed by atoms with Crippen molar-refractivity contribution in [2.75, 3.05) is 26.2 Å². The third kappa shape index (κ3) is 6.39. The lowest BCUT2D eigenvalue weighted by atomic mass is 10.0. The molecule has 1 aromatic heterocycles. The van der Waals surface area contributed by atoms with Crippen LogP contribution in [0.25, 0.3) is 0 Å². The molecule has 2 heterocycles. The van der Waals surface area contributed by atoms with Gasteiger partial charge in [0, 0.05) is 38.6 Å². The third-order valence-electron chi connectivity index (χ3n) is 6.05. The minimum absolute atomic E-state index is 0.744. The molecule has 0 amide bonds. The first kappa shape index (κ1) is 21.5. The van der Waals surface area contributed by atoms with Gasteiger partial charge in [-0.3, -0.25) is 9.88 Å². The Bertz CT molecular complexity index is 958. The van der Waals surface area contributed by atoms with E-state index in [1.165, 1.54) is 27.8 Å². The molecule has 0 spiro atoms. The van der Waals surface area contributed by atoms with E-state index in [2.05, 4.69) is 70.7 Å². The summed E-state index contributed by atoms with van der Waals surface area (Å²) in [6, 6.07) is 19.4.